The Morgan fingerprint density at radius 2 is 1.63 bits per heavy atom. The molecule has 2 heterocycles. The number of aromatic amines is 1. The number of rotatable bonds is 15. The van der Waals surface area contributed by atoms with Crippen molar-refractivity contribution in [2.75, 3.05) is 16.8 Å². The Morgan fingerprint density at radius 3 is 2.37 bits per heavy atom. The molecule has 12 heteroatoms. The summed E-state index contributed by atoms with van der Waals surface area (Å²) in [6, 6.07) is 31.3. The van der Waals surface area contributed by atoms with Crippen molar-refractivity contribution in [2.24, 2.45) is 0 Å². The van der Waals surface area contributed by atoms with Crippen LogP contribution in [0.2, 0.25) is 0 Å². The maximum atomic E-state index is 12.5. The summed E-state index contributed by atoms with van der Waals surface area (Å²) in [5.41, 5.74) is 12.9. The SMILES string of the molecule is Nc1ccccc1NC(=O)CCCCC(=O)NCc1cccc(-c2ccc([C@@H]3O[C@H](CSc4ncn[nH]4)C[C@H](c4ccc(CO)cc4)O3)cc2)c1. The van der Waals surface area contributed by atoms with Gasteiger partial charge in [0.15, 0.2) is 11.4 Å². The maximum Gasteiger partial charge on any atom is 0.224 e. The minimum Gasteiger partial charge on any atom is -0.397 e. The second kappa shape index (κ2) is 17.8. The quantitative estimate of drug-likeness (QED) is 0.0453. The van der Waals surface area contributed by atoms with Gasteiger partial charge in [0, 0.05) is 37.1 Å². The molecule has 0 aliphatic carbocycles. The number of carbonyl (C=O) groups is 2. The van der Waals surface area contributed by atoms with Crippen molar-refractivity contribution >= 4 is 35.0 Å². The van der Waals surface area contributed by atoms with Crippen LogP contribution in [-0.2, 0) is 32.2 Å². The van der Waals surface area contributed by atoms with Gasteiger partial charge in [0.25, 0.3) is 0 Å². The summed E-state index contributed by atoms with van der Waals surface area (Å²) in [5, 5.41) is 22.9. The van der Waals surface area contributed by atoms with E-state index in [2.05, 4.69) is 44.0 Å². The van der Waals surface area contributed by atoms with Crippen LogP contribution in [0.5, 0.6) is 0 Å². The lowest BCUT2D eigenvalue weighted by Crippen LogP contribution is -2.31. The highest BCUT2D eigenvalue weighted by Gasteiger charge is 2.32. The van der Waals surface area contributed by atoms with Crippen LogP contribution in [-0.4, -0.2) is 44.0 Å². The van der Waals surface area contributed by atoms with Crippen LogP contribution >= 0.6 is 11.8 Å². The lowest BCUT2D eigenvalue weighted by atomic mass is 9.99. The lowest BCUT2D eigenvalue weighted by Gasteiger charge is -2.36. The molecule has 11 nitrogen and oxygen atoms in total. The summed E-state index contributed by atoms with van der Waals surface area (Å²) in [7, 11) is 0. The first-order valence-corrected chi connectivity index (χ1v) is 18.0. The number of amides is 2. The third-order valence-corrected chi connectivity index (χ3v) is 9.65. The molecule has 1 fully saturated rings. The fourth-order valence-corrected chi connectivity index (χ4v) is 6.63. The average Bonchev–Trinajstić information content (AvgIpc) is 3.70. The third kappa shape index (κ3) is 10.3. The molecular weight excluding hydrogens is 665 g/mol. The number of benzene rings is 4. The van der Waals surface area contributed by atoms with Crippen LogP contribution in [0.25, 0.3) is 11.1 Å². The number of carbonyl (C=O) groups excluding carboxylic acids is 2. The molecule has 6 rings (SSSR count). The van der Waals surface area contributed by atoms with Crippen LogP contribution in [0, 0.1) is 0 Å². The Hall–Kier alpha value is -5.01. The van der Waals surface area contributed by atoms with Crippen LogP contribution in [0.3, 0.4) is 0 Å². The fraction of sp³-hybridized carbons (Fsp3) is 0.282. The molecule has 1 saturated heterocycles. The van der Waals surface area contributed by atoms with Crippen molar-refractivity contribution in [1.82, 2.24) is 20.5 Å². The molecule has 264 valence electrons. The van der Waals surface area contributed by atoms with E-state index in [1.165, 1.54) is 6.33 Å². The number of hydrogen-bond donors (Lipinski definition) is 5. The zero-order valence-corrected chi connectivity index (χ0v) is 29.0. The summed E-state index contributed by atoms with van der Waals surface area (Å²) in [4.78, 5) is 29.0. The zero-order chi connectivity index (χ0) is 35.4. The van der Waals surface area contributed by atoms with Crippen molar-refractivity contribution in [1.29, 1.82) is 0 Å². The second-order valence-corrected chi connectivity index (χ2v) is 13.4. The molecule has 1 aliphatic rings. The monoisotopic (exact) mass is 706 g/mol. The first kappa shape index (κ1) is 35.8. The number of H-pyrrole nitrogens is 1. The topological polar surface area (TPSA) is 164 Å². The number of aliphatic hydroxyl groups excluding tert-OH is 1. The number of unbranched alkanes of at least 4 members (excludes halogenated alkanes) is 1. The van der Waals surface area contributed by atoms with E-state index in [9.17, 15) is 14.7 Å². The highest BCUT2D eigenvalue weighted by atomic mass is 32.2. The molecule has 2 amide bonds. The molecule has 0 saturated carbocycles. The Morgan fingerprint density at radius 1 is 0.863 bits per heavy atom. The molecule has 1 aromatic heterocycles. The number of anilines is 2. The minimum absolute atomic E-state index is 0.00651. The van der Waals surface area contributed by atoms with Crippen LogP contribution in [0.4, 0.5) is 11.4 Å². The van der Waals surface area contributed by atoms with E-state index in [0.29, 0.717) is 55.8 Å². The number of nitrogen functional groups attached to an aromatic ring is 1. The predicted molar refractivity (Wildman–Crippen MR) is 197 cm³/mol. The highest BCUT2D eigenvalue weighted by molar-refractivity contribution is 7.99. The summed E-state index contributed by atoms with van der Waals surface area (Å²) in [6.07, 6.45) is 3.23. The van der Waals surface area contributed by atoms with Gasteiger partial charge >= 0.3 is 0 Å². The fourth-order valence-electron chi connectivity index (χ4n) is 5.84. The molecule has 0 unspecified atom stereocenters. The average molecular weight is 707 g/mol. The Balaban J connectivity index is 1.01. The number of thioether (sulfide) groups is 1. The summed E-state index contributed by atoms with van der Waals surface area (Å²) in [5.74, 6) is 0.516. The standard InChI is InChI=1S/C39H42N6O5S/c40-33-8-1-2-9-34(33)44-37(48)11-4-3-10-36(47)41-22-27-6-5-7-31(20-27)28-16-18-30(19-17-28)38-49-32(24-51-39-42-25-43-45-39)21-35(50-38)29-14-12-26(23-46)13-15-29/h1-2,5-9,12-20,25,32,35,38,46H,3-4,10-11,21-24,40H2,(H,41,47)(H,44,48)(H,42,43,45)/t32-,35+,38+/m0/s1. The van der Waals surface area contributed by atoms with Crippen molar-refractivity contribution in [2.45, 2.75) is 68.9 Å². The van der Waals surface area contributed by atoms with Crippen LogP contribution < -0.4 is 16.4 Å². The van der Waals surface area contributed by atoms with Gasteiger partial charge in [0.05, 0.1) is 30.2 Å². The molecule has 0 spiro atoms. The molecule has 0 radical (unpaired) electrons. The van der Waals surface area contributed by atoms with Gasteiger partial charge in [-0.1, -0.05) is 90.6 Å². The molecule has 4 aromatic carbocycles. The normalized spacial score (nSPS) is 17.2. The number of para-hydroxylation sites is 2. The molecule has 1 aliphatic heterocycles. The van der Waals surface area contributed by atoms with Crippen molar-refractivity contribution in [3.05, 3.63) is 126 Å². The molecule has 0 bridgehead atoms. The van der Waals surface area contributed by atoms with Gasteiger partial charge in [0.1, 0.15) is 6.33 Å². The van der Waals surface area contributed by atoms with E-state index < -0.39 is 6.29 Å². The molecule has 51 heavy (non-hydrogen) atoms. The van der Waals surface area contributed by atoms with Crippen molar-refractivity contribution < 1.29 is 24.2 Å². The summed E-state index contributed by atoms with van der Waals surface area (Å²) >= 11 is 1.56. The Bertz CT molecular complexity index is 1870. The van der Waals surface area contributed by atoms with E-state index in [1.807, 2.05) is 66.7 Å². The number of nitrogens with two attached hydrogens (primary N) is 1. The summed E-state index contributed by atoms with van der Waals surface area (Å²) in [6.45, 7) is 0.407. The minimum atomic E-state index is -0.561. The number of nitrogens with one attached hydrogen (secondary N) is 3. The van der Waals surface area contributed by atoms with Gasteiger partial charge in [-0.3, -0.25) is 14.7 Å². The second-order valence-electron chi connectivity index (χ2n) is 12.4. The molecule has 3 atom stereocenters. The van der Waals surface area contributed by atoms with Gasteiger partial charge < -0.3 is 30.9 Å². The first-order valence-electron chi connectivity index (χ1n) is 17.0. The van der Waals surface area contributed by atoms with Gasteiger partial charge in [-0.05, 0) is 58.9 Å². The van der Waals surface area contributed by atoms with Gasteiger partial charge in [-0.15, -0.1) is 0 Å². The summed E-state index contributed by atoms with van der Waals surface area (Å²) < 4.78 is 13.0. The number of aromatic nitrogens is 3. The van der Waals surface area contributed by atoms with E-state index in [1.54, 1.807) is 23.9 Å². The number of aliphatic hydroxyl groups is 1. The predicted octanol–water partition coefficient (Wildman–Crippen LogP) is 6.70. The molecule has 5 aromatic rings. The van der Waals surface area contributed by atoms with Gasteiger partial charge in [0.2, 0.25) is 11.8 Å². The Labute approximate surface area is 301 Å². The van der Waals surface area contributed by atoms with Crippen LogP contribution in [0.1, 0.15) is 66.8 Å². The first-order chi connectivity index (χ1) is 24.9. The third-order valence-electron chi connectivity index (χ3n) is 8.64. The molecular formula is C39H42N6O5S. The lowest BCUT2D eigenvalue weighted by molar-refractivity contribution is -0.245. The highest BCUT2D eigenvalue weighted by Crippen LogP contribution is 2.39. The maximum absolute atomic E-state index is 12.5. The van der Waals surface area contributed by atoms with E-state index in [4.69, 9.17) is 15.2 Å². The molecule has 6 N–H and O–H groups in total. The van der Waals surface area contributed by atoms with E-state index >= 15 is 0 Å². The van der Waals surface area contributed by atoms with Crippen molar-refractivity contribution in [3.63, 3.8) is 0 Å². The largest absolute Gasteiger partial charge is 0.397 e. The van der Waals surface area contributed by atoms with Crippen LogP contribution in [0.15, 0.2) is 109 Å². The number of ether oxygens (including phenoxy) is 2. The Kier molecular flexibility index (Phi) is 12.5. The van der Waals surface area contributed by atoms with Crippen molar-refractivity contribution in [3.8, 4) is 11.1 Å². The number of hydrogen-bond acceptors (Lipinski definition) is 9. The van der Waals surface area contributed by atoms with E-state index in [0.717, 1.165) is 38.5 Å². The van der Waals surface area contributed by atoms with Gasteiger partial charge in [-0.2, -0.15) is 5.10 Å². The van der Waals surface area contributed by atoms with Gasteiger partial charge in [-0.25, -0.2) is 4.98 Å². The number of nitrogens with zero attached hydrogens (tertiary/aromatic N) is 2. The van der Waals surface area contributed by atoms with E-state index in [-0.39, 0.29) is 30.6 Å². The zero-order valence-electron chi connectivity index (χ0n) is 28.2. The smallest absolute Gasteiger partial charge is 0.224 e.